The van der Waals surface area contributed by atoms with Gasteiger partial charge in [-0.3, -0.25) is 0 Å². The van der Waals surface area contributed by atoms with Gasteiger partial charge in [0.1, 0.15) is 17.8 Å². The van der Waals surface area contributed by atoms with Gasteiger partial charge in [0.2, 0.25) is 5.88 Å². The third-order valence-electron chi connectivity index (χ3n) is 4.07. The predicted molar refractivity (Wildman–Crippen MR) is 87.1 cm³/mol. The molecule has 2 aromatic heterocycles. The summed E-state index contributed by atoms with van der Waals surface area (Å²) in [6.07, 6.45) is 4.47. The van der Waals surface area contributed by atoms with Gasteiger partial charge in [0.25, 0.3) is 10.0 Å². The molecule has 0 N–H and O–H groups in total. The Morgan fingerprint density at radius 2 is 2.08 bits per heavy atom. The number of aryl methyl sites for hydroxylation is 3. The van der Waals surface area contributed by atoms with Gasteiger partial charge in [-0.05, 0) is 26.7 Å². The minimum atomic E-state index is -3.61. The Labute approximate surface area is 141 Å². The lowest BCUT2D eigenvalue weighted by atomic mass is 10.1. The Bertz CT molecular complexity index is 814. The first-order valence-electron chi connectivity index (χ1n) is 7.82. The predicted octanol–water partition coefficient (Wildman–Crippen LogP) is 1.06. The highest BCUT2D eigenvalue weighted by Crippen LogP contribution is 2.22. The molecule has 0 amide bonds. The van der Waals surface area contributed by atoms with E-state index in [9.17, 15) is 8.42 Å². The maximum Gasteiger partial charge on any atom is 0.262 e. The molecule has 0 radical (unpaired) electrons. The zero-order valence-corrected chi connectivity index (χ0v) is 14.8. The van der Waals surface area contributed by atoms with E-state index in [0.29, 0.717) is 30.6 Å². The Kier molecular flexibility index (Phi) is 4.55. The van der Waals surface area contributed by atoms with Crippen molar-refractivity contribution in [2.75, 3.05) is 13.1 Å². The first-order valence-corrected chi connectivity index (χ1v) is 9.26. The van der Waals surface area contributed by atoms with E-state index in [1.165, 1.54) is 4.31 Å². The smallest absolute Gasteiger partial charge is 0.262 e. The van der Waals surface area contributed by atoms with E-state index in [1.54, 1.807) is 43.9 Å². The van der Waals surface area contributed by atoms with E-state index < -0.39 is 10.0 Å². The number of imidazole rings is 1. The highest BCUT2D eigenvalue weighted by atomic mass is 32.2. The minimum absolute atomic E-state index is 0.0843. The standard InChI is InChI=1S/C15H21N5O3S/c1-11-16-7-6-14(17-11)23-13-5-4-8-20(9-13)24(21,22)15-10-19(3)12(2)18-15/h6-7,10,13H,4-5,8-9H2,1-3H3. The van der Waals surface area contributed by atoms with Crippen molar-refractivity contribution in [3.8, 4) is 5.88 Å². The molecule has 130 valence electrons. The fraction of sp³-hybridized carbons (Fsp3) is 0.533. The van der Waals surface area contributed by atoms with Gasteiger partial charge in [0.15, 0.2) is 5.03 Å². The van der Waals surface area contributed by atoms with Crippen LogP contribution < -0.4 is 4.74 Å². The molecule has 3 heterocycles. The van der Waals surface area contributed by atoms with Crippen molar-refractivity contribution in [2.24, 2.45) is 7.05 Å². The molecule has 0 saturated carbocycles. The maximum atomic E-state index is 12.8. The minimum Gasteiger partial charge on any atom is -0.473 e. The monoisotopic (exact) mass is 351 g/mol. The second-order valence-corrected chi connectivity index (χ2v) is 7.81. The van der Waals surface area contributed by atoms with E-state index in [1.807, 2.05) is 0 Å². The first kappa shape index (κ1) is 16.8. The van der Waals surface area contributed by atoms with Crippen molar-refractivity contribution >= 4 is 10.0 Å². The number of rotatable bonds is 4. The SMILES string of the molecule is Cc1nccc(OC2CCCN(S(=O)(=O)c3cn(C)c(C)n3)C2)n1. The molecule has 1 saturated heterocycles. The van der Waals surface area contributed by atoms with Gasteiger partial charge >= 0.3 is 0 Å². The summed E-state index contributed by atoms with van der Waals surface area (Å²) in [7, 11) is -1.83. The van der Waals surface area contributed by atoms with Gasteiger partial charge in [-0.15, -0.1) is 0 Å². The Hall–Kier alpha value is -2.00. The molecule has 0 aliphatic carbocycles. The summed E-state index contributed by atoms with van der Waals surface area (Å²) >= 11 is 0. The lowest BCUT2D eigenvalue weighted by molar-refractivity contribution is 0.124. The van der Waals surface area contributed by atoms with Crippen LogP contribution in [-0.4, -0.2) is 51.4 Å². The van der Waals surface area contributed by atoms with Crippen LogP contribution in [0.25, 0.3) is 0 Å². The van der Waals surface area contributed by atoms with Crippen molar-refractivity contribution in [1.29, 1.82) is 0 Å². The highest BCUT2D eigenvalue weighted by molar-refractivity contribution is 7.89. The molecule has 1 fully saturated rings. The average Bonchev–Trinajstić information content (AvgIpc) is 2.88. The van der Waals surface area contributed by atoms with Crippen molar-refractivity contribution in [1.82, 2.24) is 23.8 Å². The summed E-state index contributed by atoms with van der Waals surface area (Å²) in [5, 5.41) is 0.0843. The Morgan fingerprint density at radius 3 is 2.75 bits per heavy atom. The van der Waals surface area contributed by atoms with Crippen LogP contribution in [-0.2, 0) is 17.1 Å². The van der Waals surface area contributed by atoms with Crippen LogP contribution in [0.2, 0.25) is 0 Å². The maximum absolute atomic E-state index is 12.8. The van der Waals surface area contributed by atoms with Gasteiger partial charge < -0.3 is 9.30 Å². The largest absolute Gasteiger partial charge is 0.473 e. The fourth-order valence-electron chi connectivity index (χ4n) is 2.67. The van der Waals surface area contributed by atoms with Crippen LogP contribution in [0.15, 0.2) is 23.5 Å². The molecular formula is C15H21N5O3S. The van der Waals surface area contributed by atoms with Crippen LogP contribution >= 0.6 is 0 Å². The Balaban J connectivity index is 1.75. The summed E-state index contributed by atoms with van der Waals surface area (Å²) in [5.74, 6) is 1.76. The van der Waals surface area contributed by atoms with Crippen molar-refractivity contribution in [3.05, 3.63) is 30.1 Å². The second kappa shape index (κ2) is 6.48. The highest BCUT2D eigenvalue weighted by Gasteiger charge is 2.33. The fourth-order valence-corrected chi connectivity index (χ4v) is 4.21. The molecule has 0 spiro atoms. The molecule has 8 nitrogen and oxygen atoms in total. The molecule has 1 unspecified atom stereocenters. The van der Waals surface area contributed by atoms with Gasteiger partial charge in [0.05, 0.1) is 6.54 Å². The number of piperidine rings is 1. The van der Waals surface area contributed by atoms with Crippen LogP contribution in [0.5, 0.6) is 5.88 Å². The van der Waals surface area contributed by atoms with Gasteiger partial charge in [-0.25, -0.2) is 18.4 Å². The molecule has 24 heavy (non-hydrogen) atoms. The van der Waals surface area contributed by atoms with Gasteiger partial charge in [0, 0.05) is 32.1 Å². The third-order valence-corrected chi connectivity index (χ3v) is 5.81. The number of aromatic nitrogens is 4. The summed E-state index contributed by atoms with van der Waals surface area (Å²) in [4.78, 5) is 12.4. The van der Waals surface area contributed by atoms with E-state index in [0.717, 1.165) is 12.8 Å². The molecule has 3 rings (SSSR count). The number of nitrogens with zero attached hydrogens (tertiary/aromatic N) is 5. The zero-order valence-electron chi connectivity index (χ0n) is 14.0. The normalized spacial score (nSPS) is 19.4. The summed E-state index contributed by atoms with van der Waals surface area (Å²) < 4.78 is 34.5. The topological polar surface area (TPSA) is 90.2 Å². The van der Waals surface area contributed by atoms with Crippen molar-refractivity contribution in [2.45, 2.75) is 37.8 Å². The third kappa shape index (κ3) is 3.41. The van der Waals surface area contributed by atoms with Crippen molar-refractivity contribution in [3.63, 3.8) is 0 Å². The van der Waals surface area contributed by atoms with Crippen molar-refractivity contribution < 1.29 is 13.2 Å². The van der Waals surface area contributed by atoms with Crippen LogP contribution in [0, 0.1) is 13.8 Å². The average molecular weight is 351 g/mol. The first-order chi connectivity index (χ1) is 11.4. The number of hydrogen-bond donors (Lipinski definition) is 0. The quantitative estimate of drug-likeness (QED) is 0.818. The van der Waals surface area contributed by atoms with Crippen LogP contribution in [0.3, 0.4) is 0 Å². The molecule has 0 aromatic carbocycles. The molecule has 1 atom stereocenters. The zero-order chi connectivity index (χ0) is 17.3. The molecule has 0 bridgehead atoms. The molecule has 1 aliphatic rings. The summed E-state index contributed by atoms with van der Waals surface area (Å²) in [5.41, 5.74) is 0. The van der Waals surface area contributed by atoms with Gasteiger partial charge in [-0.2, -0.15) is 9.29 Å². The number of sulfonamides is 1. The molecule has 9 heteroatoms. The Morgan fingerprint density at radius 1 is 1.29 bits per heavy atom. The number of ether oxygens (including phenoxy) is 1. The van der Waals surface area contributed by atoms with Gasteiger partial charge in [-0.1, -0.05) is 0 Å². The summed E-state index contributed by atoms with van der Waals surface area (Å²) in [6.45, 7) is 4.33. The van der Waals surface area contributed by atoms with E-state index in [2.05, 4.69) is 15.0 Å². The second-order valence-electron chi connectivity index (χ2n) is 5.92. The van der Waals surface area contributed by atoms with E-state index in [-0.39, 0.29) is 11.1 Å². The molecular weight excluding hydrogens is 330 g/mol. The molecule has 2 aromatic rings. The van der Waals surface area contributed by atoms with E-state index >= 15 is 0 Å². The lowest BCUT2D eigenvalue weighted by Gasteiger charge is -2.31. The lowest BCUT2D eigenvalue weighted by Crippen LogP contribution is -2.44. The van der Waals surface area contributed by atoms with Crippen LogP contribution in [0.4, 0.5) is 0 Å². The van der Waals surface area contributed by atoms with E-state index in [4.69, 9.17) is 4.74 Å². The number of hydrogen-bond acceptors (Lipinski definition) is 6. The molecule has 1 aliphatic heterocycles. The summed E-state index contributed by atoms with van der Waals surface area (Å²) in [6, 6.07) is 1.68. The van der Waals surface area contributed by atoms with Crippen LogP contribution in [0.1, 0.15) is 24.5 Å².